The van der Waals surface area contributed by atoms with Crippen molar-refractivity contribution in [3.8, 4) is 0 Å². The van der Waals surface area contributed by atoms with E-state index in [2.05, 4.69) is 37.5 Å². The number of carbonyl (C=O) groups excluding carboxylic acids is 2. The Balaban J connectivity index is 2.95. The molecule has 2 unspecified atom stereocenters. The van der Waals surface area contributed by atoms with E-state index in [4.69, 9.17) is 9.47 Å². The zero-order valence-corrected chi connectivity index (χ0v) is 32.7. The van der Waals surface area contributed by atoms with Crippen molar-refractivity contribution in [2.45, 2.75) is 220 Å². The van der Waals surface area contributed by atoms with E-state index in [0.29, 0.717) is 12.8 Å². The highest BCUT2D eigenvalue weighted by atomic mass is 16.5. The van der Waals surface area contributed by atoms with Crippen LogP contribution in [-0.4, -0.2) is 73.2 Å². The van der Waals surface area contributed by atoms with Gasteiger partial charge in [0.2, 0.25) is 0 Å². The van der Waals surface area contributed by atoms with Crippen LogP contribution in [0, 0.1) is 0 Å². The van der Waals surface area contributed by atoms with Crippen LogP contribution in [0.2, 0.25) is 0 Å². The normalized spacial score (nSPS) is 14.9. The van der Waals surface area contributed by atoms with Crippen molar-refractivity contribution in [1.29, 1.82) is 0 Å². The monoisotopic (exact) mass is 679 g/mol. The molecule has 1 rings (SSSR count). The standard InChI is InChI=1S/C42H82N2O4/c1-5-9-13-17-21-23-29-39(47-41(45)31-25-19-15-11-7-3)37-44(36-35-43-33-27-28-34-43)38-40(30-24-22-18-14-10-6-2)48-42(46)32-26-20-16-12-8-4/h39-40H,5-38H2,1-4H3. The van der Waals surface area contributed by atoms with E-state index in [0.717, 1.165) is 77.5 Å². The molecule has 0 N–H and O–H groups in total. The molecule has 0 aliphatic carbocycles. The van der Waals surface area contributed by atoms with E-state index < -0.39 is 0 Å². The summed E-state index contributed by atoms with van der Waals surface area (Å²) in [7, 11) is 0. The second-order valence-electron chi connectivity index (χ2n) is 15.0. The SMILES string of the molecule is CCCCCCCCC(CN(CCN1CCCC1)CC(CCCCCCCC)OC(=O)CCCCCCC)OC(=O)CCCCCCC. The highest BCUT2D eigenvalue weighted by Crippen LogP contribution is 2.18. The van der Waals surface area contributed by atoms with Crippen molar-refractivity contribution in [3.05, 3.63) is 0 Å². The number of rotatable bonds is 35. The predicted molar refractivity (Wildman–Crippen MR) is 205 cm³/mol. The number of ether oxygens (including phenoxy) is 2. The lowest BCUT2D eigenvalue weighted by Gasteiger charge is -2.32. The summed E-state index contributed by atoms with van der Waals surface area (Å²) in [5.41, 5.74) is 0. The molecule has 1 heterocycles. The van der Waals surface area contributed by atoms with Crippen molar-refractivity contribution in [2.24, 2.45) is 0 Å². The van der Waals surface area contributed by atoms with Crippen LogP contribution >= 0.6 is 0 Å². The molecule has 0 spiro atoms. The molecule has 6 heteroatoms. The smallest absolute Gasteiger partial charge is 0.306 e. The number of hydrogen-bond donors (Lipinski definition) is 0. The lowest BCUT2D eigenvalue weighted by atomic mass is 10.0. The lowest BCUT2D eigenvalue weighted by Crippen LogP contribution is -2.44. The molecular weight excluding hydrogens is 596 g/mol. The molecule has 0 bridgehead atoms. The minimum absolute atomic E-state index is 0.0277. The molecule has 0 radical (unpaired) electrons. The maximum absolute atomic E-state index is 13.1. The van der Waals surface area contributed by atoms with Crippen molar-refractivity contribution in [2.75, 3.05) is 39.3 Å². The predicted octanol–water partition coefficient (Wildman–Crippen LogP) is 11.4. The molecule has 1 aliphatic rings. The summed E-state index contributed by atoms with van der Waals surface area (Å²) in [6.45, 7) is 14.8. The molecule has 2 atom stereocenters. The van der Waals surface area contributed by atoms with E-state index in [1.54, 1.807) is 0 Å². The Bertz CT molecular complexity index is 676. The molecule has 0 saturated carbocycles. The summed E-state index contributed by atoms with van der Waals surface area (Å²) >= 11 is 0. The van der Waals surface area contributed by atoms with Gasteiger partial charge in [-0.1, -0.05) is 143 Å². The van der Waals surface area contributed by atoms with Crippen molar-refractivity contribution < 1.29 is 19.1 Å². The number of hydrogen-bond acceptors (Lipinski definition) is 6. The minimum atomic E-state index is -0.0955. The van der Waals surface area contributed by atoms with Gasteiger partial charge in [0, 0.05) is 39.0 Å². The zero-order valence-electron chi connectivity index (χ0n) is 32.7. The van der Waals surface area contributed by atoms with E-state index in [1.807, 2.05) is 0 Å². The quantitative estimate of drug-likeness (QED) is 0.0491. The van der Waals surface area contributed by atoms with Gasteiger partial charge in [-0.2, -0.15) is 0 Å². The fraction of sp³-hybridized carbons (Fsp3) is 0.952. The van der Waals surface area contributed by atoms with Gasteiger partial charge in [-0.05, 0) is 64.5 Å². The van der Waals surface area contributed by atoms with Crippen molar-refractivity contribution in [1.82, 2.24) is 9.80 Å². The molecule has 6 nitrogen and oxygen atoms in total. The Labute approximate surface area is 299 Å². The Hall–Kier alpha value is -1.14. The summed E-state index contributed by atoms with van der Waals surface area (Å²) in [6.07, 6.45) is 31.5. The molecule has 1 aliphatic heterocycles. The summed E-state index contributed by atoms with van der Waals surface area (Å²) < 4.78 is 12.5. The molecule has 0 aromatic rings. The van der Waals surface area contributed by atoms with E-state index in [9.17, 15) is 9.59 Å². The Kier molecular flexibility index (Phi) is 30.9. The van der Waals surface area contributed by atoms with Gasteiger partial charge >= 0.3 is 11.9 Å². The van der Waals surface area contributed by atoms with Crippen LogP contribution in [0.1, 0.15) is 207 Å². The van der Waals surface area contributed by atoms with Gasteiger partial charge in [0.25, 0.3) is 0 Å². The fourth-order valence-corrected chi connectivity index (χ4v) is 7.04. The van der Waals surface area contributed by atoms with Gasteiger partial charge in [0.1, 0.15) is 12.2 Å². The molecule has 48 heavy (non-hydrogen) atoms. The number of nitrogens with zero attached hydrogens (tertiary/aromatic N) is 2. The molecule has 1 saturated heterocycles. The van der Waals surface area contributed by atoms with Crippen LogP contribution in [-0.2, 0) is 19.1 Å². The zero-order chi connectivity index (χ0) is 34.9. The molecule has 1 fully saturated rings. The largest absolute Gasteiger partial charge is 0.461 e. The van der Waals surface area contributed by atoms with Gasteiger partial charge in [-0.25, -0.2) is 0 Å². The van der Waals surface area contributed by atoms with Gasteiger partial charge in [-0.15, -0.1) is 0 Å². The summed E-state index contributed by atoms with van der Waals surface area (Å²) in [5, 5.41) is 0. The van der Waals surface area contributed by atoms with E-state index in [1.165, 1.54) is 129 Å². The third-order valence-corrected chi connectivity index (χ3v) is 10.2. The first-order chi connectivity index (χ1) is 23.5. The molecular formula is C42H82N2O4. The lowest BCUT2D eigenvalue weighted by molar-refractivity contribution is -0.152. The molecule has 284 valence electrons. The molecule has 0 aromatic heterocycles. The maximum atomic E-state index is 13.1. The topological polar surface area (TPSA) is 59.1 Å². The number of carbonyl (C=O) groups is 2. The summed E-state index contributed by atoms with van der Waals surface area (Å²) in [6, 6.07) is 0. The summed E-state index contributed by atoms with van der Waals surface area (Å²) in [5.74, 6) is -0.0554. The van der Waals surface area contributed by atoms with Crippen molar-refractivity contribution >= 4 is 11.9 Å². The maximum Gasteiger partial charge on any atom is 0.306 e. The summed E-state index contributed by atoms with van der Waals surface area (Å²) in [4.78, 5) is 31.2. The van der Waals surface area contributed by atoms with Crippen LogP contribution in [0.4, 0.5) is 0 Å². The Morgan fingerprint density at radius 1 is 0.521 bits per heavy atom. The average molecular weight is 679 g/mol. The second kappa shape index (κ2) is 33.0. The van der Waals surface area contributed by atoms with Crippen LogP contribution in [0.5, 0.6) is 0 Å². The number of unbranched alkanes of at least 4 members (excludes halogenated alkanes) is 18. The van der Waals surface area contributed by atoms with Gasteiger partial charge in [0.05, 0.1) is 0 Å². The minimum Gasteiger partial charge on any atom is -0.461 e. The first kappa shape index (κ1) is 44.9. The highest BCUT2D eigenvalue weighted by Gasteiger charge is 2.24. The van der Waals surface area contributed by atoms with E-state index in [-0.39, 0.29) is 24.1 Å². The average Bonchev–Trinajstić information content (AvgIpc) is 3.60. The Morgan fingerprint density at radius 3 is 1.27 bits per heavy atom. The third-order valence-electron chi connectivity index (χ3n) is 10.2. The van der Waals surface area contributed by atoms with E-state index >= 15 is 0 Å². The van der Waals surface area contributed by atoms with Gasteiger partial charge in [0.15, 0.2) is 0 Å². The van der Waals surface area contributed by atoms with Crippen LogP contribution in [0.25, 0.3) is 0 Å². The van der Waals surface area contributed by atoms with Gasteiger partial charge in [-0.3, -0.25) is 14.5 Å². The Morgan fingerprint density at radius 2 is 0.875 bits per heavy atom. The van der Waals surface area contributed by atoms with Gasteiger partial charge < -0.3 is 14.4 Å². The van der Waals surface area contributed by atoms with Crippen LogP contribution in [0.3, 0.4) is 0 Å². The highest BCUT2D eigenvalue weighted by molar-refractivity contribution is 5.69. The third kappa shape index (κ3) is 26.7. The molecule has 0 amide bonds. The first-order valence-corrected chi connectivity index (χ1v) is 21.4. The van der Waals surface area contributed by atoms with Crippen LogP contribution in [0.15, 0.2) is 0 Å². The van der Waals surface area contributed by atoms with Crippen LogP contribution < -0.4 is 0 Å². The number of esters is 2. The first-order valence-electron chi connectivity index (χ1n) is 21.4. The fourth-order valence-electron chi connectivity index (χ4n) is 7.04. The second-order valence-corrected chi connectivity index (χ2v) is 15.0. The number of likely N-dealkylation sites (tertiary alicyclic amines) is 1. The van der Waals surface area contributed by atoms with Crippen molar-refractivity contribution in [3.63, 3.8) is 0 Å². The molecule has 0 aromatic carbocycles.